The number of hydrogen-bond donors (Lipinski definition) is 6. The molecule has 7 N–H and O–H groups in total. The van der Waals surface area contributed by atoms with Crippen molar-refractivity contribution in [2.24, 2.45) is 5.73 Å². The molecule has 0 aliphatic carbocycles. The van der Waals surface area contributed by atoms with E-state index in [1.807, 2.05) is 78.9 Å². The third-order valence-electron chi connectivity index (χ3n) is 7.45. The van der Waals surface area contributed by atoms with Crippen LogP contribution in [0.1, 0.15) is 40.8 Å². The van der Waals surface area contributed by atoms with E-state index in [-0.39, 0.29) is 24.1 Å². The smallest absolute Gasteiger partial charge is 0.300 e. The van der Waals surface area contributed by atoms with Crippen molar-refractivity contribution in [1.29, 1.82) is 5.41 Å². The monoisotopic (exact) mass is 687 g/mol. The number of amidine groups is 1. The van der Waals surface area contributed by atoms with E-state index in [0.717, 1.165) is 23.6 Å². The summed E-state index contributed by atoms with van der Waals surface area (Å²) < 4.78 is 11.5. The van der Waals surface area contributed by atoms with Gasteiger partial charge in [-0.15, -0.1) is 0 Å². The summed E-state index contributed by atoms with van der Waals surface area (Å²) in [4.78, 5) is 36.1. The maximum Gasteiger partial charge on any atom is 0.300 e. The standard InChI is InChI=1S/C38H37N5O4.C2H4O2/c1-46-34-22-28(16-21-33(34)47-25-27-12-6-3-7-13-27)23-35(44)43-32-15-9-8-14-31(32)36(38(45)41-24-26-10-4-2-5-11-26)42-30-19-17-29(18-20-30)37(39)40;1-2(3)4/h2-22,36,42H,23-25H2,1H3,(H3,39,40)(H,41,45)(H,43,44);1H3,(H,3,4). The van der Waals surface area contributed by atoms with E-state index < -0.39 is 12.0 Å². The molecule has 0 radical (unpaired) electrons. The van der Waals surface area contributed by atoms with E-state index >= 15 is 0 Å². The van der Waals surface area contributed by atoms with E-state index in [1.165, 1.54) is 0 Å². The van der Waals surface area contributed by atoms with Crippen LogP contribution < -0.4 is 31.2 Å². The second-order valence-corrected chi connectivity index (χ2v) is 11.4. The van der Waals surface area contributed by atoms with Crippen LogP contribution in [0.15, 0.2) is 127 Å². The Kier molecular flexibility index (Phi) is 13.7. The summed E-state index contributed by atoms with van der Waals surface area (Å²) in [6.07, 6.45) is 0.0778. The third kappa shape index (κ3) is 11.8. The molecule has 0 bridgehead atoms. The number of benzene rings is 5. The molecule has 262 valence electrons. The Balaban J connectivity index is 0.00000138. The number of ether oxygens (including phenoxy) is 2. The molecule has 5 aromatic carbocycles. The zero-order chi connectivity index (χ0) is 36.6. The van der Waals surface area contributed by atoms with Gasteiger partial charge in [-0.2, -0.15) is 0 Å². The number of para-hydroxylation sites is 1. The van der Waals surface area contributed by atoms with Crippen LogP contribution in [0.2, 0.25) is 0 Å². The average molecular weight is 688 g/mol. The summed E-state index contributed by atoms with van der Waals surface area (Å²) >= 11 is 0. The second kappa shape index (κ2) is 18.8. The first-order valence-electron chi connectivity index (χ1n) is 16.1. The maximum atomic E-state index is 13.7. The number of aliphatic carboxylic acids is 1. The van der Waals surface area contributed by atoms with Crippen LogP contribution >= 0.6 is 0 Å². The number of nitrogens with one attached hydrogen (secondary N) is 4. The molecule has 0 spiro atoms. The fraction of sp³-hybridized carbons (Fsp3) is 0.150. The number of nitrogen functional groups attached to an aromatic ring is 1. The average Bonchev–Trinajstić information content (AvgIpc) is 3.13. The Labute approximate surface area is 296 Å². The molecule has 0 aliphatic heterocycles. The number of carboxylic acids is 1. The molecule has 5 rings (SSSR count). The van der Waals surface area contributed by atoms with E-state index in [1.54, 1.807) is 55.6 Å². The van der Waals surface area contributed by atoms with Crippen LogP contribution in [0.25, 0.3) is 0 Å². The predicted octanol–water partition coefficient (Wildman–Crippen LogP) is 6.30. The molecule has 5 aromatic rings. The lowest BCUT2D eigenvalue weighted by atomic mass is 10.0. The Morgan fingerprint density at radius 2 is 1.39 bits per heavy atom. The summed E-state index contributed by atoms with van der Waals surface area (Å²) in [6, 6.07) is 38.2. The molecule has 0 fully saturated rings. The fourth-order valence-corrected chi connectivity index (χ4v) is 5.00. The van der Waals surface area contributed by atoms with Crippen molar-refractivity contribution in [3.8, 4) is 11.5 Å². The van der Waals surface area contributed by atoms with E-state index in [9.17, 15) is 9.59 Å². The van der Waals surface area contributed by atoms with Crippen molar-refractivity contribution >= 4 is 35.0 Å². The molecule has 0 heterocycles. The number of methoxy groups -OCH3 is 1. The van der Waals surface area contributed by atoms with Gasteiger partial charge in [0.15, 0.2) is 11.5 Å². The van der Waals surface area contributed by atoms with Gasteiger partial charge in [0.2, 0.25) is 11.8 Å². The number of carbonyl (C=O) groups is 3. The van der Waals surface area contributed by atoms with Gasteiger partial charge < -0.3 is 36.3 Å². The highest BCUT2D eigenvalue weighted by atomic mass is 16.5. The lowest BCUT2D eigenvalue weighted by molar-refractivity contribution is -0.134. The highest BCUT2D eigenvalue weighted by Crippen LogP contribution is 2.30. The minimum atomic E-state index is -0.848. The van der Waals surface area contributed by atoms with Gasteiger partial charge in [-0.05, 0) is 59.2 Å². The number of carboxylic acid groups (broad SMARTS) is 1. The molecule has 1 atom stereocenters. The van der Waals surface area contributed by atoms with Crippen molar-refractivity contribution in [2.75, 3.05) is 17.7 Å². The molecule has 0 saturated carbocycles. The number of hydrogen-bond acceptors (Lipinski definition) is 7. The normalized spacial score (nSPS) is 10.8. The molecule has 0 aromatic heterocycles. The molecular weight excluding hydrogens is 646 g/mol. The number of carbonyl (C=O) groups excluding carboxylic acids is 2. The van der Waals surface area contributed by atoms with E-state index in [0.29, 0.717) is 47.2 Å². The van der Waals surface area contributed by atoms with E-state index in [2.05, 4.69) is 16.0 Å². The topological polar surface area (TPSA) is 176 Å². The second-order valence-electron chi connectivity index (χ2n) is 11.4. The summed E-state index contributed by atoms with van der Waals surface area (Å²) in [5, 5.41) is 24.4. The minimum Gasteiger partial charge on any atom is -0.493 e. The third-order valence-corrected chi connectivity index (χ3v) is 7.45. The van der Waals surface area contributed by atoms with Gasteiger partial charge in [0, 0.05) is 36.0 Å². The first-order chi connectivity index (χ1) is 24.6. The van der Waals surface area contributed by atoms with Gasteiger partial charge in [0.25, 0.3) is 5.97 Å². The molecular formula is C40H41N5O6. The highest BCUT2D eigenvalue weighted by Gasteiger charge is 2.24. The molecule has 0 aliphatic rings. The molecule has 0 saturated heterocycles. The SMILES string of the molecule is CC(=O)O.COc1cc(CC(=O)Nc2ccccc2C(Nc2ccc(C(=N)N)cc2)C(=O)NCc2ccccc2)ccc1OCc1ccccc1. The Morgan fingerprint density at radius 3 is 2.02 bits per heavy atom. The molecule has 2 amide bonds. The Morgan fingerprint density at radius 1 is 0.784 bits per heavy atom. The minimum absolute atomic E-state index is 0.0475. The molecule has 11 nitrogen and oxygen atoms in total. The molecule has 11 heteroatoms. The van der Waals surface area contributed by atoms with Gasteiger partial charge in [-0.1, -0.05) is 84.9 Å². The number of rotatable bonds is 14. The van der Waals surface area contributed by atoms with Crippen LogP contribution in [-0.2, 0) is 34.0 Å². The van der Waals surface area contributed by atoms with Gasteiger partial charge in [0.1, 0.15) is 18.5 Å². The predicted molar refractivity (Wildman–Crippen MR) is 198 cm³/mol. The zero-order valence-electron chi connectivity index (χ0n) is 28.4. The van der Waals surface area contributed by atoms with Gasteiger partial charge in [-0.3, -0.25) is 19.8 Å². The summed E-state index contributed by atoms with van der Waals surface area (Å²) in [5.74, 6) is -0.304. The summed E-state index contributed by atoms with van der Waals surface area (Å²) in [7, 11) is 1.56. The van der Waals surface area contributed by atoms with Crippen molar-refractivity contribution < 1.29 is 29.0 Å². The van der Waals surface area contributed by atoms with Crippen LogP contribution in [0, 0.1) is 5.41 Å². The van der Waals surface area contributed by atoms with Crippen LogP contribution in [0.3, 0.4) is 0 Å². The quantitative estimate of drug-likeness (QED) is 0.0582. The number of anilines is 2. The Hall–Kier alpha value is -6.62. The summed E-state index contributed by atoms with van der Waals surface area (Å²) in [5.41, 5.74) is 10.7. The molecule has 1 unspecified atom stereocenters. The van der Waals surface area contributed by atoms with Gasteiger partial charge in [0.05, 0.1) is 13.5 Å². The largest absolute Gasteiger partial charge is 0.493 e. The lowest BCUT2D eigenvalue weighted by Gasteiger charge is -2.23. The number of nitrogens with two attached hydrogens (primary N) is 1. The van der Waals surface area contributed by atoms with Crippen LogP contribution in [0.5, 0.6) is 11.5 Å². The van der Waals surface area contributed by atoms with E-state index in [4.69, 9.17) is 30.5 Å². The maximum absolute atomic E-state index is 13.7. The van der Waals surface area contributed by atoms with Crippen molar-refractivity contribution in [2.45, 2.75) is 32.5 Å². The highest BCUT2D eigenvalue weighted by molar-refractivity contribution is 5.96. The fourth-order valence-electron chi connectivity index (χ4n) is 5.00. The van der Waals surface area contributed by atoms with Gasteiger partial charge in [-0.25, -0.2) is 0 Å². The Bertz CT molecular complexity index is 1910. The van der Waals surface area contributed by atoms with Crippen molar-refractivity contribution in [3.05, 3.63) is 155 Å². The van der Waals surface area contributed by atoms with Crippen molar-refractivity contribution in [1.82, 2.24) is 5.32 Å². The van der Waals surface area contributed by atoms with Crippen molar-refractivity contribution in [3.63, 3.8) is 0 Å². The summed E-state index contributed by atoms with van der Waals surface area (Å²) in [6.45, 7) is 1.81. The lowest BCUT2D eigenvalue weighted by Crippen LogP contribution is -2.34. The number of amides is 2. The van der Waals surface area contributed by atoms with Gasteiger partial charge >= 0.3 is 0 Å². The van der Waals surface area contributed by atoms with Crippen LogP contribution in [0.4, 0.5) is 11.4 Å². The molecule has 51 heavy (non-hydrogen) atoms. The zero-order valence-corrected chi connectivity index (χ0v) is 28.4. The first kappa shape index (κ1) is 37.2. The first-order valence-corrected chi connectivity index (χ1v) is 16.1. The van der Waals surface area contributed by atoms with Crippen LogP contribution in [-0.4, -0.2) is 35.8 Å².